The lowest BCUT2D eigenvalue weighted by Crippen LogP contribution is -2.42. The highest BCUT2D eigenvalue weighted by molar-refractivity contribution is 5.64. The van der Waals surface area contributed by atoms with Crippen LogP contribution in [0.25, 0.3) is 0 Å². The van der Waals surface area contributed by atoms with Gasteiger partial charge in [0.15, 0.2) is 0 Å². The highest BCUT2D eigenvalue weighted by atomic mass is 16.5. The van der Waals surface area contributed by atoms with Crippen molar-refractivity contribution in [1.82, 2.24) is 4.90 Å². The third-order valence-electron chi connectivity index (χ3n) is 4.17. The summed E-state index contributed by atoms with van der Waals surface area (Å²) in [6, 6.07) is 6.39. The molecule has 110 valence electrons. The second-order valence-corrected chi connectivity index (χ2v) is 5.86. The minimum absolute atomic E-state index is 0.179. The zero-order valence-electron chi connectivity index (χ0n) is 12.5. The first-order chi connectivity index (χ1) is 9.74. The Morgan fingerprint density at radius 2 is 2.20 bits per heavy atom. The number of para-hydroxylation sites is 1. The molecule has 0 saturated carbocycles. The highest BCUT2D eigenvalue weighted by Gasteiger charge is 2.21. The molecule has 0 spiro atoms. The Balaban J connectivity index is 1.68. The zero-order valence-corrected chi connectivity index (χ0v) is 12.5. The number of fused-ring (bicyclic) bond motifs is 1. The first kappa shape index (κ1) is 13.7. The van der Waals surface area contributed by atoms with E-state index in [4.69, 9.17) is 9.47 Å². The summed E-state index contributed by atoms with van der Waals surface area (Å²) in [5.41, 5.74) is 2.67. The molecule has 2 aliphatic rings. The molecule has 0 aliphatic carbocycles. The van der Waals surface area contributed by atoms with Gasteiger partial charge in [-0.3, -0.25) is 0 Å². The van der Waals surface area contributed by atoms with Crippen molar-refractivity contribution in [3.63, 3.8) is 0 Å². The number of aryl methyl sites for hydroxylation is 1. The van der Waals surface area contributed by atoms with Crippen LogP contribution in [0.1, 0.15) is 12.0 Å². The van der Waals surface area contributed by atoms with E-state index in [1.165, 1.54) is 17.7 Å². The van der Waals surface area contributed by atoms with E-state index in [9.17, 15) is 0 Å². The van der Waals surface area contributed by atoms with Gasteiger partial charge in [-0.05, 0) is 31.5 Å². The molecule has 0 amide bonds. The van der Waals surface area contributed by atoms with Gasteiger partial charge in [-0.25, -0.2) is 0 Å². The molecule has 4 heteroatoms. The summed E-state index contributed by atoms with van der Waals surface area (Å²) in [6.45, 7) is 4.51. The summed E-state index contributed by atoms with van der Waals surface area (Å²) in [7, 11) is 4.28. The van der Waals surface area contributed by atoms with Crippen molar-refractivity contribution in [2.45, 2.75) is 18.9 Å². The highest BCUT2D eigenvalue weighted by Crippen LogP contribution is 2.35. The van der Waals surface area contributed by atoms with Crippen LogP contribution in [0.3, 0.4) is 0 Å². The van der Waals surface area contributed by atoms with Crippen LogP contribution in [-0.2, 0) is 11.2 Å². The summed E-state index contributed by atoms with van der Waals surface area (Å²) in [5.74, 6) is 1.00. The molecule has 1 unspecified atom stereocenters. The number of nitrogens with zero attached hydrogens (tertiary/aromatic N) is 2. The molecule has 1 aromatic carbocycles. The number of ether oxygens (including phenoxy) is 2. The summed E-state index contributed by atoms with van der Waals surface area (Å²) in [4.78, 5) is 4.60. The Morgan fingerprint density at radius 1 is 1.30 bits per heavy atom. The summed E-state index contributed by atoms with van der Waals surface area (Å²) < 4.78 is 11.8. The van der Waals surface area contributed by atoms with Crippen LogP contribution in [0.2, 0.25) is 0 Å². The molecule has 0 N–H and O–H groups in total. The SMILES string of the molecule is CN1CCOC(COc2cccc3c2N(C)CCC3)C1. The van der Waals surface area contributed by atoms with Crippen molar-refractivity contribution in [1.29, 1.82) is 0 Å². The van der Waals surface area contributed by atoms with Crippen LogP contribution in [0.15, 0.2) is 18.2 Å². The van der Waals surface area contributed by atoms with E-state index in [0.29, 0.717) is 6.61 Å². The van der Waals surface area contributed by atoms with Gasteiger partial charge in [-0.2, -0.15) is 0 Å². The predicted octanol–water partition coefficient (Wildman–Crippen LogP) is 1.78. The Bertz CT molecular complexity index is 464. The fourth-order valence-corrected chi connectivity index (χ4v) is 3.09. The third kappa shape index (κ3) is 2.91. The van der Waals surface area contributed by atoms with Crippen LogP contribution in [-0.4, -0.2) is 57.9 Å². The lowest BCUT2D eigenvalue weighted by atomic mass is 10.0. The van der Waals surface area contributed by atoms with Gasteiger partial charge < -0.3 is 19.3 Å². The molecule has 1 atom stereocenters. The second-order valence-electron chi connectivity index (χ2n) is 5.86. The molecule has 1 fully saturated rings. The van der Waals surface area contributed by atoms with Gasteiger partial charge in [0, 0.05) is 26.7 Å². The Hall–Kier alpha value is -1.26. The summed E-state index contributed by atoms with van der Waals surface area (Å²) >= 11 is 0. The van der Waals surface area contributed by atoms with Crippen molar-refractivity contribution in [2.75, 3.05) is 51.8 Å². The molecule has 1 saturated heterocycles. The maximum absolute atomic E-state index is 6.07. The Morgan fingerprint density at radius 3 is 3.05 bits per heavy atom. The van der Waals surface area contributed by atoms with Gasteiger partial charge in [-0.15, -0.1) is 0 Å². The van der Waals surface area contributed by atoms with Gasteiger partial charge >= 0.3 is 0 Å². The van der Waals surface area contributed by atoms with Gasteiger partial charge in [0.05, 0.1) is 12.3 Å². The average molecular weight is 276 g/mol. The topological polar surface area (TPSA) is 24.9 Å². The van der Waals surface area contributed by atoms with E-state index in [1.54, 1.807) is 0 Å². The van der Waals surface area contributed by atoms with E-state index < -0.39 is 0 Å². The van der Waals surface area contributed by atoms with Gasteiger partial charge in [0.25, 0.3) is 0 Å². The molecular formula is C16H24N2O2. The molecule has 0 aromatic heterocycles. The van der Waals surface area contributed by atoms with Crippen LogP contribution in [0.5, 0.6) is 5.75 Å². The maximum Gasteiger partial charge on any atom is 0.143 e. The number of hydrogen-bond donors (Lipinski definition) is 0. The minimum Gasteiger partial charge on any atom is -0.489 e. The Labute approximate surface area is 121 Å². The molecular weight excluding hydrogens is 252 g/mol. The van der Waals surface area contributed by atoms with Gasteiger partial charge in [0.1, 0.15) is 18.5 Å². The number of anilines is 1. The summed E-state index contributed by atoms with van der Waals surface area (Å²) in [6.07, 6.45) is 2.56. The molecule has 3 rings (SSSR count). The number of likely N-dealkylation sites (N-methyl/N-ethyl adjacent to an activating group) is 1. The van der Waals surface area contributed by atoms with Crippen LogP contribution < -0.4 is 9.64 Å². The van der Waals surface area contributed by atoms with Crippen molar-refractivity contribution in [2.24, 2.45) is 0 Å². The average Bonchev–Trinajstić information content (AvgIpc) is 2.45. The quantitative estimate of drug-likeness (QED) is 0.840. The normalized spacial score (nSPS) is 23.5. The van der Waals surface area contributed by atoms with Crippen molar-refractivity contribution >= 4 is 5.69 Å². The van der Waals surface area contributed by atoms with Crippen LogP contribution in [0.4, 0.5) is 5.69 Å². The molecule has 0 bridgehead atoms. The van der Waals surface area contributed by atoms with E-state index in [0.717, 1.165) is 38.4 Å². The Kier molecular flexibility index (Phi) is 4.13. The molecule has 2 heterocycles. The molecule has 0 radical (unpaired) electrons. The first-order valence-electron chi connectivity index (χ1n) is 7.50. The van der Waals surface area contributed by atoms with Crippen LogP contribution in [0, 0.1) is 0 Å². The van der Waals surface area contributed by atoms with E-state index in [-0.39, 0.29) is 6.10 Å². The van der Waals surface area contributed by atoms with Crippen molar-refractivity contribution < 1.29 is 9.47 Å². The minimum atomic E-state index is 0.179. The van der Waals surface area contributed by atoms with Crippen LogP contribution >= 0.6 is 0 Å². The first-order valence-corrected chi connectivity index (χ1v) is 7.50. The van der Waals surface area contributed by atoms with E-state index in [2.05, 4.69) is 42.1 Å². The standard InChI is InChI=1S/C16H24N2O2/c1-17-9-10-19-14(11-17)12-20-15-7-3-5-13-6-4-8-18(2)16(13)15/h3,5,7,14H,4,6,8-12H2,1-2H3. The number of hydrogen-bond acceptors (Lipinski definition) is 4. The molecule has 4 nitrogen and oxygen atoms in total. The second kappa shape index (κ2) is 6.02. The third-order valence-corrected chi connectivity index (χ3v) is 4.17. The monoisotopic (exact) mass is 276 g/mol. The predicted molar refractivity (Wildman–Crippen MR) is 80.8 cm³/mol. The van der Waals surface area contributed by atoms with E-state index >= 15 is 0 Å². The molecule has 20 heavy (non-hydrogen) atoms. The number of benzene rings is 1. The summed E-state index contributed by atoms with van der Waals surface area (Å²) in [5, 5.41) is 0. The molecule has 2 aliphatic heterocycles. The lowest BCUT2D eigenvalue weighted by Gasteiger charge is -2.32. The van der Waals surface area contributed by atoms with Gasteiger partial charge in [-0.1, -0.05) is 12.1 Å². The van der Waals surface area contributed by atoms with E-state index in [1.807, 2.05) is 0 Å². The number of rotatable bonds is 3. The smallest absolute Gasteiger partial charge is 0.143 e. The van der Waals surface area contributed by atoms with Crippen molar-refractivity contribution in [3.8, 4) is 5.75 Å². The fraction of sp³-hybridized carbons (Fsp3) is 0.625. The molecule has 1 aromatic rings. The zero-order chi connectivity index (χ0) is 13.9. The van der Waals surface area contributed by atoms with Crippen molar-refractivity contribution in [3.05, 3.63) is 23.8 Å². The maximum atomic E-state index is 6.07. The van der Waals surface area contributed by atoms with Gasteiger partial charge in [0.2, 0.25) is 0 Å². The number of morpholine rings is 1. The largest absolute Gasteiger partial charge is 0.489 e. The fourth-order valence-electron chi connectivity index (χ4n) is 3.09. The lowest BCUT2D eigenvalue weighted by molar-refractivity contribution is -0.0402.